The number of benzene rings is 1. The predicted molar refractivity (Wildman–Crippen MR) is 102 cm³/mol. The first kappa shape index (κ1) is 18.2. The summed E-state index contributed by atoms with van der Waals surface area (Å²) in [7, 11) is 0. The molecule has 1 saturated carbocycles. The maximum atomic E-state index is 10.4. The normalized spacial score (nSPS) is 18.0. The maximum absolute atomic E-state index is 10.4. The van der Waals surface area contributed by atoms with E-state index in [1.165, 1.54) is 50.5 Å². The first-order valence-corrected chi connectivity index (χ1v) is 10.4. The van der Waals surface area contributed by atoms with Crippen LogP contribution >= 0.6 is 27.7 Å². The van der Waals surface area contributed by atoms with E-state index in [1.54, 1.807) is 0 Å². The zero-order valence-corrected chi connectivity index (χ0v) is 16.5. The molecule has 0 bridgehead atoms. The van der Waals surface area contributed by atoms with Crippen LogP contribution in [0.5, 0.6) is 5.75 Å². The summed E-state index contributed by atoms with van der Waals surface area (Å²) in [6, 6.07) is 4.25. The number of aromatic hydroxyl groups is 1. The van der Waals surface area contributed by atoms with Crippen LogP contribution in [0.15, 0.2) is 16.6 Å². The number of phenols is 1. The van der Waals surface area contributed by atoms with E-state index in [-0.39, 0.29) is 5.41 Å². The van der Waals surface area contributed by atoms with Gasteiger partial charge in [-0.1, -0.05) is 58.9 Å². The van der Waals surface area contributed by atoms with Crippen molar-refractivity contribution in [3.8, 4) is 5.75 Å². The minimum atomic E-state index is 0.107. The van der Waals surface area contributed by atoms with Gasteiger partial charge in [-0.15, -0.1) is 0 Å². The lowest BCUT2D eigenvalue weighted by Crippen LogP contribution is -2.12. The monoisotopic (exact) mass is 384 g/mol. The van der Waals surface area contributed by atoms with Crippen molar-refractivity contribution in [1.29, 1.82) is 0 Å². The van der Waals surface area contributed by atoms with Crippen LogP contribution in [-0.4, -0.2) is 10.4 Å². The Bertz CT molecular complexity index is 485. The van der Waals surface area contributed by atoms with Crippen molar-refractivity contribution >= 4 is 27.7 Å². The van der Waals surface area contributed by atoms with Gasteiger partial charge in [0.05, 0.1) is 4.47 Å². The van der Waals surface area contributed by atoms with E-state index in [2.05, 4.69) is 48.8 Å². The molecule has 0 aliphatic heterocycles. The van der Waals surface area contributed by atoms with Crippen molar-refractivity contribution in [1.82, 2.24) is 0 Å². The van der Waals surface area contributed by atoms with E-state index in [0.29, 0.717) is 5.75 Å². The van der Waals surface area contributed by atoms with Crippen LogP contribution in [0.3, 0.4) is 0 Å². The Hall–Kier alpha value is -0.150. The second kappa shape index (κ2) is 8.10. The number of rotatable bonds is 3. The van der Waals surface area contributed by atoms with Gasteiger partial charge in [-0.3, -0.25) is 0 Å². The Labute approximate surface area is 148 Å². The molecule has 1 N–H and O–H groups in total. The van der Waals surface area contributed by atoms with Crippen LogP contribution in [0.25, 0.3) is 0 Å². The molecule has 1 aromatic carbocycles. The molecule has 1 fully saturated rings. The molecule has 1 aromatic rings. The van der Waals surface area contributed by atoms with Gasteiger partial charge in [0.25, 0.3) is 0 Å². The van der Waals surface area contributed by atoms with Crippen molar-refractivity contribution in [3.63, 3.8) is 0 Å². The lowest BCUT2D eigenvalue weighted by Gasteiger charge is -2.23. The zero-order valence-electron chi connectivity index (χ0n) is 14.1. The lowest BCUT2D eigenvalue weighted by atomic mass is 9.86. The van der Waals surface area contributed by atoms with Crippen molar-refractivity contribution in [2.45, 2.75) is 82.1 Å². The van der Waals surface area contributed by atoms with Crippen LogP contribution in [0.2, 0.25) is 0 Å². The Kier molecular flexibility index (Phi) is 6.70. The fourth-order valence-corrected chi connectivity index (χ4v) is 4.80. The summed E-state index contributed by atoms with van der Waals surface area (Å²) in [5, 5.41) is 11.1. The highest BCUT2D eigenvalue weighted by molar-refractivity contribution is 9.10. The van der Waals surface area contributed by atoms with Crippen molar-refractivity contribution in [3.05, 3.63) is 27.7 Å². The third-order valence-electron chi connectivity index (χ3n) is 4.54. The first-order chi connectivity index (χ1) is 10.4. The van der Waals surface area contributed by atoms with Gasteiger partial charge in [-0.2, -0.15) is 11.8 Å². The summed E-state index contributed by atoms with van der Waals surface area (Å²) >= 11 is 5.55. The number of hydrogen-bond acceptors (Lipinski definition) is 2. The van der Waals surface area contributed by atoms with Gasteiger partial charge in [0.2, 0.25) is 0 Å². The molecule has 0 saturated heterocycles. The van der Waals surface area contributed by atoms with Gasteiger partial charge >= 0.3 is 0 Å². The highest BCUT2D eigenvalue weighted by Crippen LogP contribution is 2.38. The lowest BCUT2D eigenvalue weighted by molar-refractivity contribution is 0.465. The fraction of sp³-hybridized carbons (Fsp3) is 0.684. The van der Waals surface area contributed by atoms with Gasteiger partial charge < -0.3 is 5.11 Å². The summed E-state index contributed by atoms with van der Waals surface area (Å²) in [5.41, 5.74) is 2.47. The quantitative estimate of drug-likeness (QED) is 0.618. The van der Waals surface area contributed by atoms with E-state index in [9.17, 15) is 5.11 Å². The topological polar surface area (TPSA) is 20.2 Å². The highest BCUT2D eigenvalue weighted by Gasteiger charge is 2.19. The standard InChI is InChI=1S/C19H29BrOS/c1-19(2,3)15-11-14(18(21)17(20)12-15)13-22-16-9-7-5-4-6-8-10-16/h11-12,16,21H,4-10,13H2,1-3H3. The van der Waals surface area contributed by atoms with E-state index >= 15 is 0 Å². The van der Waals surface area contributed by atoms with Crippen LogP contribution in [0.4, 0.5) is 0 Å². The molecule has 22 heavy (non-hydrogen) atoms. The van der Waals surface area contributed by atoms with E-state index in [1.807, 2.05) is 11.8 Å². The Balaban J connectivity index is 2.06. The molecule has 2 rings (SSSR count). The third-order valence-corrected chi connectivity index (χ3v) is 6.56. The second-order valence-electron chi connectivity index (χ2n) is 7.49. The molecule has 0 aromatic heterocycles. The van der Waals surface area contributed by atoms with E-state index in [0.717, 1.165) is 21.0 Å². The summed E-state index contributed by atoms with van der Waals surface area (Å²) in [5.74, 6) is 1.34. The molecular formula is C19H29BrOS. The highest BCUT2D eigenvalue weighted by atomic mass is 79.9. The second-order valence-corrected chi connectivity index (χ2v) is 9.64. The molecule has 124 valence electrons. The van der Waals surface area contributed by atoms with Gasteiger partial charge in [-0.25, -0.2) is 0 Å². The maximum Gasteiger partial charge on any atom is 0.133 e. The molecule has 0 unspecified atom stereocenters. The number of phenolic OH excluding ortho intramolecular Hbond substituents is 1. The average Bonchev–Trinajstić information content (AvgIpc) is 2.40. The molecule has 0 amide bonds. The van der Waals surface area contributed by atoms with Crippen molar-refractivity contribution < 1.29 is 5.11 Å². The Morgan fingerprint density at radius 3 is 2.27 bits per heavy atom. The van der Waals surface area contributed by atoms with Gasteiger partial charge in [0.1, 0.15) is 5.75 Å². The molecule has 0 spiro atoms. The first-order valence-electron chi connectivity index (χ1n) is 8.51. The molecular weight excluding hydrogens is 356 g/mol. The van der Waals surface area contributed by atoms with Gasteiger partial charge in [0, 0.05) is 16.6 Å². The Morgan fingerprint density at radius 2 is 1.68 bits per heavy atom. The average molecular weight is 385 g/mol. The minimum Gasteiger partial charge on any atom is -0.506 e. The van der Waals surface area contributed by atoms with E-state index < -0.39 is 0 Å². The van der Waals surface area contributed by atoms with Crippen LogP contribution in [0, 0.1) is 0 Å². The number of hydrogen-bond donors (Lipinski definition) is 1. The fourth-order valence-electron chi connectivity index (χ4n) is 2.99. The summed E-state index contributed by atoms with van der Waals surface area (Å²) in [6.07, 6.45) is 9.63. The smallest absolute Gasteiger partial charge is 0.133 e. The zero-order chi connectivity index (χ0) is 16.2. The Morgan fingerprint density at radius 1 is 1.09 bits per heavy atom. The third kappa shape index (κ3) is 5.19. The largest absolute Gasteiger partial charge is 0.506 e. The molecule has 1 aliphatic rings. The van der Waals surface area contributed by atoms with Crippen LogP contribution < -0.4 is 0 Å². The molecule has 0 radical (unpaired) electrons. The summed E-state index contributed by atoms with van der Waals surface area (Å²) in [4.78, 5) is 0. The summed E-state index contributed by atoms with van der Waals surface area (Å²) in [6.45, 7) is 6.66. The van der Waals surface area contributed by atoms with Gasteiger partial charge in [-0.05, 0) is 45.8 Å². The van der Waals surface area contributed by atoms with Gasteiger partial charge in [0.15, 0.2) is 0 Å². The van der Waals surface area contributed by atoms with Crippen LogP contribution in [0.1, 0.15) is 76.8 Å². The SMILES string of the molecule is CC(C)(C)c1cc(Br)c(O)c(CSC2CCCCCCC2)c1. The minimum absolute atomic E-state index is 0.107. The predicted octanol–water partition coefficient (Wildman–Crippen LogP) is 6.80. The van der Waals surface area contributed by atoms with Crippen LogP contribution in [-0.2, 0) is 11.2 Å². The van der Waals surface area contributed by atoms with Crippen molar-refractivity contribution in [2.75, 3.05) is 0 Å². The number of thioether (sulfide) groups is 1. The molecule has 3 heteroatoms. The van der Waals surface area contributed by atoms with Crippen molar-refractivity contribution in [2.24, 2.45) is 0 Å². The molecule has 0 atom stereocenters. The molecule has 1 aliphatic carbocycles. The molecule has 0 heterocycles. The number of halogens is 1. The van der Waals surface area contributed by atoms with E-state index in [4.69, 9.17) is 0 Å². The summed E-state index contributed by atoms with van der Waals surface area (Å²) < 4.78 is 0.827. The molecule has 1 nitrogen and oxygen atoms in total.